The highest BCUT2D eigenvalue weighted by Gasteiger charge is 2.20. The van der Waals surface area contributed by atoms with Crippen molar-refractivity contribution in [1.29, 1.82) is 0 Å². The fraction of sp³-hybridized carbons (Fsp3) is 0.588. The Morgan fingerprint density at radius 2 is 2.27 bits per heavy atom. The number of nitrogen functional groups attached to an aromatic ring is 1. The third kappa shape index (κ3) is 4.06. The molecule has 1 amide bonds. The lowest BCUT2D eigenvalue weighted by Crippen LogP contribution is -2.39. The molecule has 3 N–H and O–H groups in total. The van der Waals surface area contributed by atoms with Crippen LogP contribution in [0.25, 0.3) is 0 Å². The lowest BCUT2D eigenvalue weighted by atomic mass is 9.99. The van der Waals surface area contributed by atoms with Gasteiger partial charge in [-0.1, -0.05) is 6.92 Å². The van der Waals surface area contributed by atoms with E-state index in [4.69, 9.17) is 10.5 Å². The number of nitrogens with two attached hydrogens (primary N) is 1. The van der Waals surface area contributed by atoms with E-state index in [1.807, 2.05) is 11.8 Å². The van der Waals surface area contributed by atoms with Crippen LogP contribution in [0.1, 0.15) is 38.7 Å². The number of anilines is 1. The Morgan fingerprint density at radius 3 is 2.95 bits per heavy atom. The zero-order valence-electron chi connectivity index (χ0n) is 13.5. The zero-order valence-corrected chi connectivity index (χ0v) is 13.5. The number of ether oxygens (including phenoxy) is 1. The van der Waals surface area contributed by atoms with Gasteiger partial charge in [0.05, 0.1) is 12.3 Å². The van der Waals surface area contributed by atoms with Gasteiger partial charge in [0.1, 0.15) is 0 Å². The van der Waals surface area contributed by atoms with E-state index in [0.717, 1.165) is 25.1 Å². The molecular weight excluding hydrogens is 280 g/mol. The highest BCUT2D eigenvalue weighted by atomic mass is 16.5. The summed E-state index contributed by atoms with van der Waals surface area (Å²) in [5.74, 6) is 1.14. The number of benzene rings is 1. The van der Waals surface area contributed by atoms with Gasteiger partial charge >= 0.3 is 0 Å². The Labute approximate surface area is 132 Å². The number of rotatable bonds is 5. The molecular formula is C17H26N2O3. The molecule has 0 bridgehead atoms. The van der Waals surface area contributed by atoms with Gasteiger partial charge in [0.25, 0.3) is 0 Å². The third-order valence-electron chi connectivity index (χ3n) is 4.10. The van der Waals surface area contributed by atoms with Crippen molar-refractivity contribution >= 4 is 11.6 Å². The topological polar surface area (TPSA) is 75.8 Å². The maximum atomic E-state index is 12.3. The highest BCUT2D eigenvalue weighted by molar-refractivity contribution is 5.76. The largest absolute Gasteiger partial charge is 0.503 e. The van der Waals surface area contributed by atoms with Crippen molar-refractivity contribution in [2.45, 2.75) is 39.5 Å². The average molecular weight is 306 g/mol. The Morgan fingerprint density at radius 1 is 1.50 bits per heavy atom. The van der Waals surface area contributed by atoms with Crippen LogP contribution in [0.2, 0.25) is 0 Å². The number of likely N-dealkylation sites (tertiary alicyclic amines) is 1. The minimum atomic E-state index is -0.0261. The number of amides is 1. The fourth-order valence-electron chi connectivity index (χ4n) is 2.92. The van der Waals surface area contributed by atoms with Crippen LogP contribution >= 0.6 is 0 Å². The number of hydrogen-bond acceptors (Lipinski definition) is 4. The summed E-state index contributed by atoms with van der Waals surface area (Å²) in [5, 5.41) is 9.84. The van der Waals surface area contributed by atoms with Crippen molar-refractivity contribution in [1.82, 2.24) is 4.90 Å². The first-order valence-electron chi connectivity index (χ1n) is 8.03. The van der Waals surface area contributed by atoms with Gasteiger partial charge in [0.2, 0.25) is 5.91 Å². The van der Waals surface area contributed by atoms with Gasteiger partial charge in [-0.2, -0.15) is 0 Å². The second-order valence-electron chi connectivity index (χ2n) is 6.05. The predicted octanol–water partition coefficient (Wildman–Crippen LogP) is 2.56. The Balaban J connectivity index is 1.97. The number of hydrogen-bond donors (Lipinski definition) is 2. The SMILES string of the molecule is CCOc1cc(CCC(=O)N2CCCC(C)C2)cc(N)c1O. The minimum Gasteiger partial charge on any atom is -0.503 e. The monoisotopic (exact) mass is 306 g/mol. The molecule has 0 saturated carbocycles. The van der Waals surface area contributed by atoms with E-state index in [0.29, 0.717) is 36.8 Å². The van der Waals surface area contributed by atoms with Gasteiger partial charge in [-0.15, -0.1) is 0 Å². The molecule has 5 nitrogen and oxygen atoms in total. The molecule has 2 rings (SSSR count). The number of aromatic hydroxyl groups is 1. The molecule has 5 heteroatoms. The van der Waals surface area contributed by atoms with Gasteiger partial charge < -0.3 is 20.5 Å². The van der Waals surface area contributed by atoms with Crippen molar-refractivity contribution < 1.29 is 14.6 Å². The van der Waals surface area contributed by atoms with E-state index in [1.54, 1.807) is 12.1 Å². The number of nitrogens with zero attached hydrogens (tertiary/aromatic N) is 1. The van der Waals surface area contributed by atoms with E-state index in [2.05, 4.69) is 6.92 Å². The molecule has 22 heavy (non-hydrogen) atoms. The lowest BCUT2D eigenvalue weighted by Gasteiger charge is -2.31. The van der Waals surface area contributed by atoms with E-state index in [9.17, 15) is 9.90 Å². The Bertz CT molecular complexity index is 531. The molecule has 0 aromatic heterocycles. The first-order valence-corrected chi connectivity index (χ1v) is 8.03. The molecule has 0 radical (unpaired) electrons. The molecule has 1 aromatic rings. The summed E-state index contributed by atoms with van der Waals surface area (Å²) < 4.78 is 5.37. The van der Waals surface area contributed by atoms with Crippen LogP contribution in [0, 0.1) is 5.92 Å². The normalized spacial score (nSPS) is 18.3. The summed E-state index contributed by atoms with van der Waals surface area (Å²) in [4.78, 5) is 14.3. The molecule has 1 saturated heterocycles. The summed E-state index contributed by atoms with van der Waals surface area (Å²) in [5.41, 5.74) is 7.00. The van der Waals surface area contributed by atoms with Gasteiger partial charge in [-0.3, -0.25) is 4.79 Å². The number of carbonyl (C=O) groups is 1. The summed E-state index contributed by atoms with van der Waals surface area (Å²) in [7, 11) is 0. The van der Waals surface area contributed by atoms with Crippen molar-refractivity contribution in [3.63, 3.8) is 0 Å². The number of carbonyl (C=O) groups excluding carboxylic acids is 1. The van der Waals surface area contributed by atoms with Crippen LogP contribution in [0.15, 0.2) is 12.1 Å². The zero-order chi connectivity index (χ0) is 16.1. The molecule has 1 aliphatic rings. The van der Waals surface area contributed by atoms with E-state index in [1.165, 1.54) is 6.42 Å². The summed E-state index contributed by atoms with van der Waals surface area (Å²) in [6.07, 6.45) is 3.36. The molecule has 1 aromatic carbocycles. The van der Waals surface area contributed by atoms with E-state index >= 15 is 0 Å². The van der Waals surface area contributed by atoms with Crippen LogP contribution in [-0.2, 0) is 11.2 Å². The van der Waals surface area contributed by atoms with Crippen molar-refractivity contribution in [3.05, 3.63) is 17.7 Å². The quantitative estimate of drug-likeness (QED) is 0.647. The Kier molecular flexibility index (Phi) is 5.52. The maximum absolute atomic E-state index is 12.3. The standard InChI is InChI=1S/C17H26N2O3/c1-3-22-15-10-13(9-14(18)17(15)21)6-7-16(20)19-8-4-5-12(2)11-19/h9-10,12,21H,3-8,11,18H2,1-2H3. The lowest BCUT2D eigenvalue weighted by molar-refractivity contribution is -0.132. The maximum Gasteiger partial charge on any atom is 0.222 e. The van der Waals surface area contributed by atoms with Crippen molar-refractivity contribution in [2.75, 3.05) is 25.4 Å². The predicted molar refractivity (Wildman–Crippen MR) is 87.0 cm³/mol. The molecule has 1 unspecified atom stereocenters. The summed E-state index contributed by atoms with van der Waals surface area (Å²) in [6, 6.07) is 3.48. The minimum absolute atomic E-state index is 0.0261. The molecule has 1 atom stereocenters. The van der Waals surface area contributed by atoms with Gasteiger partial charge in [0.15, 0.2) is 11.5 Å². The summed E-state index contributed by atoms with van der Waals surface area (Å²) >= 11 is 0. The van der Waals surface area contributed by atoms with Crippen LogP contribution in [0.5, 0.6) is 11.5 Å². The van der Waals surface area contributed by atoms with Crippen molar-refractivity contribution in [3.8, 4) is 11.5 Å². The molecule has 122 valence electrons. The second kappa shape index (κ2) is 7.38. The van der Waals surface area contributed by atoms with Crippen LogP contribution in [0.3, 0.4) is 0 Å². The van der Waals surface area contributed by atoms with Crippen molar-refractivity contribution in [2.24, 2.45) is 5.92 Å². The van der Waals surface area contributed by atoms with Crippen LogP contribution in [-0.4, -0.2) is 35.6 Å². The number of phenols is 1. The number of phenolic OH excluding ortho intramolecular Hbond substituents is 1. The number of aryl methyl sites for hydroxylation is 1. The van der Waals surface area contributed by atoms with Crippen LogP contribution in [0.4, 0.5) is 5.69 Å². The fourth-order valence-corrected chi connectivity index (χ4v) is 2.92. The van der Waals surface area contributed by atoms with Gasteiger partial charge in [0, 0.05) is 19.5 Å². The third-order valence-corrected chi connectivity index (χ3v) is 4.10. The van der Waals surface area contributed by atoms with Crippen LogP contribution < -0.4 is 10.5 Å². The summed E-state index contributed by atoms with van der Waals surface area (Å²) in [6.45, 7) is 6.23. The highest BCUT2D eigenvalue weighted by Crippen LogP contribution is 2.34. The van der Waals surface area contributed by atoms with E-state index < -0.39 is 0 Å². The molecule has 0 spiro atoms. The van der Waals surface area contributed by atoms with E-state index in [-0.39, 0.29) is 11.7 Å². The first-order chi connectivity index (χ1) is 10.5. The number of piperidine rings is 1. The average Bonchev–Trinajstić information content (AvgIpc) is 2.49. The Hall–Kier alpha value is -1.91. The molecule has 1 aliphatic heterocycles. The second-order valence-corrected chi connectivity index (χ2v) is 6.05. The first kappa shape index (κ1) is 16.5. The van der Waals surface area contributed by atoms with Gasteiger partial charge in [-0.25, -0.2) is 0 Å². The molecule has 0 aliphatic carbocycles. The molecule has 1 fully saturated rings. The smallest absolute Gasteiger partial charge is 0.222 e. The van der Waals surface area contributed by atoms with Gasteiger partial charge in [-0.05, 0) is 49.8 Å². The molecule has 1 heterocycles.